The number of fused-ring (bicyclic) bond motifs is 1. The molecule has 4 N–H and O–H groups in total. The highest BCUT2D eigenvalue weighted by atomic mass is 32.2. The van der Waals surface area contributed by atoms with Gasteiger partial charge in [-0.2, -0.15) is 11.8 Å². The van der Waals surface area contributed by atoms with E-state index in [-0.39, 0.29) is 0 Å². The summed E-state index contributed by atoms with van der Waals surface area (Å²) in [7, 11) is 0. The van der Waals surface area contributed by atoms with Crippen molar-refractivity contribution in [2.75, 3.05) is 18.6 Å². The van der Waals surface area contributed by atoms with Crippen LogP contribution in [0.25, 0.3) is 10.9 Å². The fraction of sp³-hybridized carbons (Fsp3) is 0.375. The van der Waals surface area contributed by atoms with Crippen LogP contribution < -0.4 is 10.6 Å². The van der Waals surface area contributed by atoms with Crippen LogP contribution in [0.3, 0.4) is 0 Å². The van der Waals surface area contributed by atoms with Crippen molar-refractivity contribution in [1.82, 2.24) is 15.6 Å². The number of urea groups is 1. The summed E-state index contributed by atoms with van der Waals surface area (Å²) in [5.74, 6) is -0.321. The van der Waals surface area contributed by atoms with Gasteiger partial charge in [-0.1, -0.05) is 18.2 Å². The summed E-state index contributed by atoms with van der Waals surface area (Å²) in [5.41, 5.74) is 2.19. The van der Waals surface area contributed by atoms with Crippen LogP contribution in [0.5, 0.6) is 0 Å². The summed E-state index contributed by atoms with van der Waals surface area (Å²) in [6.07, 6.45) is 4.93. The van der Waals surface area contributed by atoms with Gasteiger partial charge in [-0.25, -0.2) is 9.59 Å². The molecular formula is C16H21N3O3S. The van der Waals surface area contributed by atoms with E-state index >= 15 is 0 Å². The molecule has 1 atom stereocenters. The first-order valence-corrected chi connectivity index (χ1v) is 8.82. The van der Waals surface area contributed by atoms with Crippen molar-refractivity contribution in [2.45, 2.75) is 18.9 Å². The van der Waals surface area contributed by atoms with Gasteiger partial charge in [0.05, 0.1) is 0 Å². The van der Waals surface area contributed by atoms with Gasteiger partial charge in [0.1, 0.15) is 6.04 Å². The summed E-state index contributed by atoms with van der Waals surface area (Å²) >= 11 is 1.55. The number of aromatic nitrogens is 1. The number of thioether (sulfide) groups is 1. The summed E-state index contributed by atoms with van der Waals surface area (Å²) in [5, 5.41) is 15.4. The molecule has 0 saturated carbocycles. The second-order valence-corrected chi connectivity index (χ2v) is 6.17. The maximum atomic E-state index is 11.8. The summed E-state index contributed by atoms with van der Waals surface area (Å²) < 4.78 is 0. The third-order valence-electron chi connectivity index (χ3n) is 3.57. The van der Waals surface area contributed by atoms with Gasteiger partial charge in [0.25, 0.3) is 0 Å². The van der Waals surface area contributed by atoms with Crippen LogP contribution in [0, 0.1) is 0 Å². The molecule has 2 amide bonds. The fourth-order valence-corrected chi connectivity index (χ4v) is 2.82. The third kappa shape index (κ3) is 4.92. The normalized spacial score (nSPS) is 12.0. The van der Waals surface area contributed by atoms with Crippen molar-refractivity contribution < 1.29 is 14.7 Å². The number of para-hydroxylation sites is 1. The molecule has 2 rings (SSSR count). The summed E-state index contributed by atoms with van der Waals surface area (Å²) in [6, 6.07) is 6.68. The zero-order valence-corrected chi connectivity index (χ0v) is 13.8. The predicted octanol–water partition coefficient (Wildman–Crippen LogP) is 2.22. The second kappa shape index (κ2) is 8.47. The Bertz CT molecular complexity index is 671. The number of carbonyl (C=O) groups is 2. The van der Waals surface area contributed by atoms with E-state index in [9.17, 15) is 9.59 Å². The molecule has 23 heavy (non-hydrogen) atoms. The minimum absolute atomic E-state index is 0.409. The number of carboxylic acid groups (broad SMARTS) is 1. The average molecular weight is 335 g/mol. The molecule has 0 aliphatic carbocycles. The highest BCUT2D eigenvalue weighted by Gasteiger charge is 2.18. The number of hydrogen-bond acceptors (Lipinski definition) is 3. The quantitative estimate of drug-likeness (QED) is 0.595. The van der Waals surface area contributed by atoms with E-state index in [2.05, 4.69) is 15.6 Å². The van der Waals surface area contributed by atoms with Crippen molar-refractivity contribution in [3.8, 4) is 0 Å². The largest absolute Gasteiger partial charge is 0.480 e. The molecule has 0 aliphatic heterocycles. The third-order valence-corrected chi connectivity index (χ3v) is 4.21. The smallest absolute Gasteiger partial charge is 0.326 e. The van der Waals surface area contributed by atoms with Gasteiger partial charge in [-0.05, 0) is 36.5 Å². The molecular weight excluding hydrogens is 314 g/mol. The lowest BCUT2D eigenvalue weighted by atomic mass is 10.1. The molecule has 7 heteroatoms. The highest BCUT2D eigenvalue weighted by Crippen LogP contribution is 2.17. The molecule has 1 heterocycles. The van der Waals surface area contributed by atoms with Crippen LogP contribution in [0.2, 0.25) is 0 Å². The summed E-state index contributed by atoms with van der Waals surface area (Å²) in [6.45, 7) is 0.447. The van der Waals surface area contributed by atoms with Crippen molar-refractivity contribution in [3.05, 3.63) is 36.0 Å². The Kier molecular flexibility index (Phi) is 6.34. The Morgan fingerprint density at radius 3 is 2.87 bits per heavy atom. The van der Waals surface area contributed by atoms with Gasteiger partial charge in [-0.3, -0.25) is 0 Å². The predicted molar refractivity (Wildman–Crippen MR) is 93.0 cm³/mol. The van der Waals surface area contributed by atoms with Gasteiger partial charge in [0, 0.05) is 23.6 Å². The zero-order chi connectivity index (χ0) is 16.7. The first-order chi connectivity index (χ1) is 11.1. The maximum absolute atomic E-state index is 11.8. The van der Waals surface area contributed by atoms with Gasteiger partial charge in [0.15, 0.2) is 0 Å². The number of aliphatic carboxylic acids is 1. The van der Waals surface area contributed by atoms with E-state index < -0.39 is 18.0 Å². The molecule has 0 radical (unpaired) electrons. The number of nitrogens with one attached hydrogen (secondary N) is 3. The molecule has 2 aromatic rings. The van der Waals surface area contributed by atoms with Crippen LogP contribution in [-0.4, -0.2) is 46.7 Å². The Morgan fingerprint density at radius 2 is 2.13 bits per heavy atom. The molecule has 0 bridgehead atoms. The topological polar surface area (TPSA) is 94.2 Å². The van der Waals surface area contributed by atoms with Crippen molar-refractivity contribution in [2.24, 2.45) is 0 Å². The Morgan fingerprint density at radius 1 is 1.35 bits per heavy atom. The van der Waals surface area contributed by atoms with E-state index in [0.29, 0.717) is 25.1 Å². The first kappa shape index (κ1) is 17.2. The fourth-order valence-electron chi connectivity index (χ4n) is 2.35. The molecule has 0 saturated heterocycles. The van der Waals surface area contributed by atoms with Crippen LogP contribution in [0.15, 0.2) is 30.5 Å². The molecule has 1 unspecified atom stereocenters. The molecule has 0 fully saturated rings. The number of carboxylic acids is 1. The van der Waals surface area contributed by atoms with Gasteiger partial charge < -0.3 is 20.7 Å². The Labute approximate surface area is 139 Å². The van der Waals surface area contributed by atoms with Crippen molar-refractivity contribution in [1.29, 1.82) is 0 Å². The summed E-state index contributed by atoms with van der Waals surface area (Å²) in [4.78, 5) is 26.1. The van der Waals surface area contributed by atoms with Crippen molar-refractivity contribution >= 4 is 34.7 Å². The van der Waals surface area contributed by atoms with E-state index in [1.165, 1.54) is 0 Å². The highest BCUT2D eigenvalue weighted by molar-refractivity contribution is 7.98. The molecule has 124 valence electrons. The van der Waals surface area contributed by atoms with Gasteiger partial charge in [-0.15, -0.1) is 0 Å². The van der Waals surface area contributed by atoms with Gasteiger partial charge >= 0.3 is 12.0 Å². The van der Waals surface area contributed by atoms with Crippen LogP contribution in [0.1, 0.15) is 12.0 Å². The van der Waals surface area contributed by atoms with E-state index in [4.69, 9.17) is 5.11 Å². The molecule has 0 aliphatic rings. The molecule has 0 spiro atoms. The van der Waals surface area contributed by atoms with Crippen LogP contribution in [0.4, 0.5) is 4.79 Å². The standard InChI is InChI=1S/C16H21N3O3S/c1-23-9-7-14(15(20)21)19-16(22)17-8-6-11-10-18-13-5-3-2-4-12(11)13/h2-5,10,14,18H,6-9H2,1H3,(H,20,21)(H2,17,19,22). The molecule has 1 aromatic heterocycles. The second-order valence-electron chi connectivity index (χ2n) is 5.18. The number of carbonyl (C=O) groups excluding carboxylic acids is 1. The number of hydrogen-bond donors (Lipinski definition) is 4. The minimum atomic E-state index is -1.01. The lowest BCUT2D eigenvalue weighted by Gasteiger charge is -2.14. The molecule has 6 nitrogen and oxygen atoms in total. The minimum Gasteiger partial charge on any atom is -0.480 e. The Balaban J connectivity index is 1.81. The first-order valence-electron chi connectivity index (χ1n) is 7.43. The molecule has 1 aromatic carbocycles. The number of amides is 2. The number of rotatable bonds is 8. The van der Waals surface area contributed by atoms with E-state index in [0.717, 1.165) is 16.5 Å². The monoisotopic (exact) mass is 335 g/mol. The zero-order valence-electron chi connectivity index (χ0n) is 13.0. The van der Waals surface area contributed by atoms with E-state index in [1.54, 1.807) is 11.8 Å². The maximum Gasteiger partial charge on any atom is 0.326 e. The van der Waals surface area contributed by atoms with Crippen LogP contribution in [-0.2, 0) is 11.2 Å². The van der Waals surface area contributed by atoms with Crippen LogP contribution >= 0.6 is 11.8 Å². The Hall–Kier alpha value is -2.15. The van der Waals surface area contributed by atoms with E-state index in [1.807, 2.05) is 36.7 Å². The lowest BCUT2D eigenvalue weighted by Crippen LogP contribution is -2.46. The van der Waals surface area contributed by atoms with Gasteiger partial charge in [0.2, 0.25) is 0 Å². The SMILES string of the molecule is CSCCC(NC(=O)NCCc1c[nH]c2ccccc12)C(=O)O. The van der Waals surface area contributed by atoms with Crippen molar-refractivity contribution in [3.63, 3.8) is 0 Å². The number of aromatic amines is 1. The number of benzene rings is 1. The number of H-pyrrole nitrogens is 1. The average Bonchev–Trinajstić information content (AvgIpc) is 2.94. The lowest BCUT2D eigenvalue weighted by molar-refractivity contribution is -0.139.